The molecule has 0 fully saturated rings. The fraction of sp³-hybridized carbons (Fsp3) is 0.100. The van der Waals surface area contributed by atoms with Gasteiger partial charge >= 0.3 is 5.69 Å². The van der Waals surface area contributed by atoms with Crippen LogP contribution in [0, 0.1) is 15.9 Å². The molecular weight excluding hydrogens is 281 g/mol. The number of nitro groups is 1. The number of nitrogens with zero attached hydrogens (tertiary/aromatic N) is 2. The molecule has 5 nitrogen and oxygen atoms in total. The lowest BCUT2D eigenvalue weighted by Gasteiger charge is -2.05. The molecule has 2 rings (SSSR count). The van der Waals surface area contributed by atoms with E-state index in [4.69, 9.17) is 11.6 Å². The lowest BCUT2D eigenvalue weighted by Crippen LogP contribution is -2.03. The Morgan fingerprint density at radius 1 is 1.56 bits per heavy atom. The van der Waals surface area contributed by atoms with E-state index >= 15 is 0 Å². The van der Waals surface area contributed by atoms with Gasteiger partial charge < -0.3 is 5.32 Å². The van der Waals surface area contributed by atoms with Gasteiger partial charge in [0, 0.05) is 11.1 Å². The van der Waals surface area contributed by atoms with Crippen molar-refractivity contribution in [1.82, 2.24) is 4.98 Å². The Kier molecular flexibility index (Phi) is 3.73. The fourth-order valence-electron chi connectivity index (χ4n) is 1.39. The van der Waals surface area contributed by atoms with Crippen LogP contribution in [-0.2, 0) is 6.54 Å². The molecule has 0 saturated carbocycles. The van der Waals surface area contributed by atoms with Crippen LogP contribution in [0.25, 0.3) is 0 Å². The first-order valence-electron chi connectivity index (χ1n) is 4.85. The number of nitrogens with one attached hydrogen (secondary N) is 1. The van der Waals surface area contributed by atoms with Crippen molar-refractivity contribution in [3.05, 3.63) is 49.7 Å². The minimum Gasteiger partial charge on any atom is -0.374 e. The summed E-state index contributed by atoms with van der Waals surface area (Å²) in [7, 11) is 0. The highest BCUT2D eigenvalue weighted by Crippen LogP contribution is 2.28. The molecule has 0 aliphatic rings. The third kappa shape index (κ3) is 2.74. The van der Waals surface area contributed by atoms with E-state index in [1.807, 2.05) is 0 Å². The Balaban J connectivity index is 2.19. The third-order valence-corrected chi connectivity index (χ3v) is 3.26. The van der Waals surface area contributed by atoms with Gasteiger partial charge in [-0.25, -0.2) is 4.98 Å². The number of anilines is 1. The molecule has 18 heavy (non-hydrogen) atoms. The van der Waals surface area contributed by atoms with Crippen LogP contribution in [0.1, 0.15) is 4.88 Å². The molecule has 0 unspecified atom stereocenters. The van der Waals surface area contributed by atoms with Crippen molar-refractivity contribution < 1.29 is 9.31 Å². The van der Waals surface area contributed by atoms with E-state index in [9.17, 15) is 14.5 Å². The lowest BCUT2D eigenvalue weighted by atomic mass is 10.2. The largest absolute Gasteiger partial charge is 0.374 e. The number of benzene rings is 1. The SMILES string of the molecule is O=[N+]([O-])c1c(F)cccc1NCc1cnc(Cl)s1. The molecule has 0 aliphatic heterocycles. The molecule has 0 aliphatic carbocycles. The van der Waals surface area contributed by atoms with E-state index in [-0.39, 0.29) is 5.69 Å². The average molecular weight is 288 g/mol. The van der Waals surface area contributed by atoms with Crippen molar-refractivity contribution in [3.63, 3.8) is 0 Å². The predicted octanol–water partition coefficient (Wildman–Crippen LogP) is 3.46. The first kappa shape index (κ1) is 12.7. The molecule has 1 heterocycles. The maximum absolute atomic E-state index is 13.3. The molecule has 0 atom stereocenters. The standard InChI is InChI=1S/C10H7ClFN3O2S/c11-10-14-5-6(18-10)4-13-8-3-1-2-7(12)9(8)15(16)17/h1-3,5,13H,4H2. The fourth-order valence-corrected chi connectivity index (χ4v) is 2.31. The monoisotopic (exact) mass is 287 g/mol. The number of thiazole rings is 1. The molecule has 1 aromatic heterocycles. The third-order valence-electron chi connectivity index (χ3n) is 2.15. The molecule has 2 aromatic rings. The van der Waals surface area contributed by atoms with Crippen LogP contribution in [0.4, 0.5) is 15.8 Å². The molecule has 1 aromatic carbocycles. The molecule has 0 saturated heterocycles. The van der Waals surface area contributed by atoms with Gasteiger partial charge in [-0.1, -0.05) is 17.7 Å². The van der Waals surface area contributed by atoms with Gasteiger partial charge in [-0.05, 0) is 12.1 Å². The highest BCUT2D eigenvalue weighted by Gasteiger charge is 2.19. The van der Waals surface area contributed by atoms with Gasteiger partial charge in [0.05, 0.1) is 11.5 Å². The number of nitro benzene ring substituents is 1. The first-order chi connectivity index (χ1) is 8.58. The number of aromatic nitrogens is 1. The van der Waals surface area contributed by atoms with Gasteiger partial charge in [0.2, 0.25) is 5.82 Å². The number of hydrogen-bond donors (Lipinski definition) is 1. The van der Waals surface area contributed by atoms with E-state index in [1.54, 1.807) is 6.20 Å². The van der Waals surface area contributed by atoms with E-state index in [2.05, 4.69) is 10.3 Å². The zero-order valence-corrected chi connectivity index (χ0v) is 10.5. The first-order valence-corrected chi connectivity index (χ1v) is 6.04. The van der Waals surface area contributed by atoms with Crippen LogP contribution in [0.2, 0.25) is 4.47 Å². The summed E-state index contributed by atoms with van der Waals surface area (Å²) >= 11 is 6.91. The van der Waals surface area contributed by atoms with Crippen molar-refractivity contribution in [1.29, 1.82) is 0 Å². The Hall–Kier alpha value is -1.73. The second kappa shape index (κ2) is 5.28. The minimum atomic E-state index is -0.868. The predicted molar refractivity (Wildman–Crippen MR) is 67.5 cm³/mol. The Morgan fingerprint density at radius 2 is 2.33 bits per heavy atom. The molecule has 8 heteroatoms. The smallest absolute Gasteiger partial charge is 0.327 e. The maximum Gasteiger partial charge on any atom is 0.327 e. The Bertz CT molecular complexity index is 590. The normalized spacial score (nSPS) is 10.3. The summed E-state index contributed by atoms with van der Waals surface area (Å²) in [6, 6.07) is 3.90. The van der Waals surface area contributed by atoms with Gasteiger partial charge in [0.25, 0.3) is 0 Å². The van der Waals surface area contributed by atoms with Crippen LogP contribution in [0.3, 0.4) is 0 Å². The molecule has 94 valence electrons. The van der Waals surface area contributed by atoms with Gasteiger partial charge in [0.1, 0.15) is 5.69 Å². The van der Waals surface area contributed by atoms with Crippen LogP contribution in [0.5, 0.6) is 0 Å². The summed E-state index contributed by atoms with van der Waals surface area (Å²) < 4.78 is 13.7. The topological polar surface area (TPSA) is 68.1 Å². The zero-order chi connectivity index (χ0) is 13.1. The second-order valence-electron chi connectivity index (χ2n) is 3.33. The Morgan fingerprint density at radius 3 is 2.94 bits per heavy atom. The number of para-hydroxylation sites is 1. The quantitative estimate of drug-likeness (QED) is 0.691. The lowest BCUT2D eigenvalue weighted by molar-refractivity contribution is -0.386. The van der Waals surface area contributed by atoms with Crippen molar-refractivity contribution in [3.8, 4) is 0 Å². The average Bonchev–Trinajstić information content (AvgIpc) is 2.72. The second-order valence-corrected chi connectivity index (χ2v) is 5.02. The summed E-state index contributed by atoms with van der Waals surface area (Å²) in [4.78, 5) is 14.6. The molecule has 0 amide bonds. The van der Waals surface area contributed by atoms with Crippen molar-refractivity contribution in [2.75, 3.05) is 5.32 Å². The van der Waals surface area contributed by atoms with E-state index in [0.29, 0.717) is 11.0 Å². The summed E-state index contributed by atoms with van der Waals surface area (Å²) in [5, 5.41) is 13.5. The molecule has 0 spiro atoms. The minimum absolute atomic E-state index is 0.129. The maximum atomic E-state index is 13.3. The zero-order valence-electron chi connectivity index (χ0n) is 8.89. The van der Waals surface area contributed by atoms with E-state index in [1.165, 1.54) is 23.5 Å². The van der Waals surface area contributed by atoms with Gasteiger partial charge in [-0.15, -0.1) is 11.3 Å². The van der Waals surface area contributed by atoms with Crippen LogP contribution >= 0.6 is 22.9 Å². The van der Waals surface area contributed by atoms with Crippen LogP contribution < -0.4 is 5.32 Å². The molecular formula is C10H7ClFN3O2S. The molecule has 0 bridgehead atoms. The van der Waals surface area contributed by atoms with E-state index in [0.717, 1.165) is 10.9 Å². The summed E-state index contributed by atoms with van der Waals surface area (Å²) in [5.41, 5.74) is -0.433. The summed E-state index contributed by atoms with van der Waals surface area (Å²) in [6.45, 7) is 0.300. The van der Waals surface area contributed by atoms with Crippen LogP contribution in [-0.4, -0.2) is 9.91 Å². The number of hydrogen-bond acceptors (Lipinski definition) is 5. The van der Waals surface area contributed by atoms with Gasteiger partial charge in [-0.3, -0.25) is 10.1 Å². The highest BCUT2D eigenvalue weighted by atomic mass is 35.5. The highest BCUT2D eigenvalue weighted by molar-refractivity contribution is 7.15. The number of halogens is 2. The van der Waals surface area contributed by atoms with Crippen molar-refractivity contribution >= 4 is 34.3 Å². The number of rotatable bonds is 4. The Labute approximate surface area is 110 Å². The van der Waals surface area contributed by atoms with Gasteiger partial charge in [-0.2, -0.15) is 4.39 Å². The summed E-state index contributed by atoms with van der Waals surface area (Å²) in [6.07, 6.45) is 1.56. The van der Waals surface area contributed by atoms with Gasteiger partial charge in [0.15, 0.2) is 4.47 Å². The molecule has 0 radical (unpaired) electrons. The van der Waals surface area contributed by atoms with E-state index < -0.39 is 16.4 Å². The van der Waals surface area contributed by atoms with Crippen molar-refractivity contribution in [2.45, 2.75) is 6.54 Å². The summed E-state index contributed by atoms with van der Waals surface area (Å²) in [5.74, 6) is -0.868. The molecule has 1 N–H and O–H groups in total. The van der Waals surface area contributed by atoms with Crippen LogP contribution in [0.15, 0.2) is 24.4 Å². The van der Waals surface area contributed by atoms with Crippen molar-refractivity contribution in [2.24, 2.45) is 0 Å².